The summed E-state index contributed by atoms with van der Waals surface area (Å²) < 4.78 is 5.32. The molecule has 0 radical (unpaired) electrons. The van der Waals surface area contributed by atoms with E-state index in [4.69, 9.17) is 9.84 Å². The molecule has 1 heterocycles. The average molecular weight is 287 g/mol. The average Bonchev–Trinajstić information content (AvgIpc) is 3.01. The number of carbonyl (C=O) groups excluding carboxylic acids is 1. The number of hydrogen-bond acceptors (Lipinski definition) is 3. The summed E-state index contributed by atoms with van der Waals surface area (Å²) in [6.45, 7) is 2.38. The molecule has 0 aromatic heterocycles. The highest BCUT2D eigenvalue weighted by Gasteiger charge is 2.15. The Morgan fingerprint density at radius 3 is 3.14 bits per heavy atom. The van der Waals surface area contributed by atoms with Crippen LogP contribution in [0, 0.1) is 17.8 Å². The molecule has 112 valence electrons. The van der Waals surface area contributed by atoms with Crippen LogP contribution in [0.1, 0.15) is 35.2 Å². The molecule has 1 saturated heterocycles. The zero-order valence-corrected chi connectivity index (χ0v) is 12.1. The Labute approximate surface area is 125 Å². The molecule has 1 amide bonds. The fraction of sp³-hybridized carbons (Fsp3) is 0.471. The summed E-state index contributed by atoms with van der Waals surface area (Å²) in [4.78, 5) is 12.1. The monoisotopic (exact) mass is 287 g/mol. The molecule has 1 aromatic rings. The lowest BCUT2D eigenvalue weighted by Gasteiger charge is -2.09. The maximum atomic E-state index is 12.1. The largest absolute Gasteiger partial charge is 0.395 e. The Kier molecular flexibility index (Phi) is 6.26. The van der Waals surface area contributed by atoms with E-state index in [-0.39, 0.29) is 12.5 Å². The number of rotatable bonds is 5. The Balaban J connectivity index is 1.84. The normalized spacial score (nSPS) is 17.1. The molecule has 0 spiro atoms. The molecule has 0 aliphatic carbocycles. The summed E-state index contributed by atoms with van der Waals surface area (Å²) in [6, 6.07) is 7.24. The first-order chi connectivity index (χ1) is 10.3. The molecular weight excluding hydrogens is 266 g/mol. The van der Waals surface area contributed by atoms with E-state index in [0.717, 1.165) is 31.6 Å². The maximum Gasteiger partial charge on any atom is 0.251 e. The fourth-order valence-corrected chi connectivity index (χ4v) is 2.26. The van der Waals surface area contributed by atoms with Gasteiger partial charge in [-0.25, -0.2) is 0 Å². The fourth-order valence-electron chi connectivity index (χ4n) is 2.26. The third kappa shape index (κ3) is 5.22. The smallest absolute Gasteiger partial charge is 0.251 e. The number of ether oxygens (including phenoxy) is 1. The van der Waals surface area contributed by atoms with Crippen LogP contribution in [0.3, 0.4) is 0 Å². The van der Waals surface area contributed by atoms with Crippen molar-refractivity contribution in [1.29, 1.82) is 0 Å². The predicted octanol–water partition coefficient (Wildman–Crippen LogP) is 1.58. The van der Waals surface area contributed by atoms with Gasteiger partial charge in [0.15, 0.2) is 0 Å². The van der Waals surface area contributed by atoms with Crippen molar-refractivity contribution >= 4 is 5.91 Å². The van der Waals surface area contributed by atoms with Crippen LogP contribution in [0.2, 0.25) is 0 Å². The Hall–Kier alpha value is -1.83. The van der Waals surface area contributed by atoms with Crippen LogP contribution in [-0.4, -0.2) is 37.4 Å². The zero-order chi connectivity index (χ0) is 14.9. The van der Waals surface area contributed by atoms with Gasteiger partial charge in [-0.05, 0) is 37.0 Å². The number of aliphatic hydroxyl groups is 1. The van der Waals surface area contributed by atoms with Gasteiger partial charge in [-0.3, -0.25) is 4.79 Å². The molecule has 1 aromatic carbocycles. The number of aliphatic hydroxyl groups excluding tert-OH is 1. The molecule has 0 bridgehead atoms. The van der Waals surface area contributed by atoms with Gasteiger partial charge in [0.1, 0.15) is 0 Å². The van der Waals surface area contributed by atoms with E-state index < -0.39 is 0 Å². The molecule has 1 aliphatic rings. The van der Waals surface area contributed by atoms with E-state index in [1.54, 1.807) is 12.1 Å². The minimum atomic E-state index is -0.0697. The summed E-state index contributed by atoms with van der Waals surface area (Å²) in [5, 5.41) is 11.6. The third-order valence-corrected chi connectivity index (χ3v) is 3.46. The highest BCUT2D eigenvalue weighted by molar-refractivity contribution is 5.94. The minimum Gasteiger partial charge on any atom is -0.395 e. The first-order valence-electron chi connectivity index (χ1n) is 7.35. The second-order valence-electron chi connectivity index (χ2n) is 5.13. The lowest BCUT2D eigenvalue weighted by molar-refractivity contribution is 0.0950. The van der Waals surface area contributed by atoms with Gasteiger partial charge in [0, 0.05) is 37.3 Å². The highest BCUT2D eigenvalue weighted by Crippen LogP contribution is 2.15. The van der Waals surface area contributed by atoms with E-state index >= 15 is 0 Å². The quantitative estimate of drug-likeness (QED) is 0.808. The molecule has 4 heteroatoms. The van der Waals surface area contributed by atoms with Gasteiger partial charge in [0.2, 0.25) is 0 Å². The number of carbonyl (C=O) groups is 1. The zero-order valence-electron chi connectivity index (χ0n) is 12.1. The number of nitrogens with one attached hydrogen (secondary N) is 1. The van der Waals surface area contributed by atoms with Crippen LogP contribution < -0.4 is 5.32 Å². The summed E-state index contributed by atoms with van der Waals surface area (Å²) in [6.07, 6.45) is 2.49. The van der Waals surface area contributed by atoms with Crippen LogP contribution >= 0.6 is 0 Å². The van der Waals surface area contributed by atoms with Gasteiger partial charge in [0.25, 0.3) is 5.91 Å². The molecule has 1 fully saturated rings. The van der Waals surface area contributed by atoms with Crippen LogP contribution in [-0.2, 0) is 4.74 Å². The van der Waals surface area contributed by atoms with E-state index in [2.05, 4.69) is 17.2 Å². The highest BCUT2D eigenvalue weighted by atomic mass is 16.5. The molecular formula is C17H21NO3. The van der Waals surface area contributed by atoms with Gasteiger partial charge in [-0.1, -0.05) is 17.9 Å². The standard InChI is InChI=1S/C17H21NO3/c19-10-2-1-4-14-5-3-6-16(12-14)17(20)18-9-7-15-8-11-21-13-15/h3,5-6,12,15,19H,2,7-11,13H2,(H,18,20). The van der Waals surface area contributed by atoms with E-state index in [0.29, 0.717) is 24.4 Å². The van der Waals surface area contributed by atoms with Crippen LogP contribution in [0.4, 0.5) is 0 Å². The summed E-state index contributed by atoms with van der Waals surface area (Å²) in [5.41, 5.74) is 1.41. The summed E-state index contributed by atoms with van der Waals surface area (Å²) >= 11 is 0. The lowest BCUT2D eigenvalue weighted by atomic mass is 10.1. The molecule has 1 aliphatic heterocycles. The first-order valence-corrected chi connectivity index (χ1v) is 7.35. The van der Waals surface area contributed by atoms with Gasteiger partial charge < -0.3 is 15.2 Å². The third-order valence-electron chi connectivity index (χ3n) is 3.46. The van der Waals surface area contributed by atoms with Crippen molar-refractivity contribution in [2.45, 2.75) is 19.3 Å². The van der Waals surface area contributed by atoms with E-state index in [1.807, 2.05) is 12.1 Å². The molecule has 0 saturated carbocycles. The van der Waals surface area contributed by atoms with Gasteiger partial charge in [0.05, 0.1) is 6.61 Å². The van der Waals surface area contributed by atoms with Crippen molar-refractivity contribution in [2.24, 2.45) is 5.92 Å². The van der Waals surface area contributed by atoms with Gasteiger partial charge in [-0.2, -0.15) is 0 Å². The van der Waals surface area contributed by atoms with E-state index in [9.17, 15) is 4.79 Å². The molecule has 1 atom stereocenters. The second kappa shape index (κ2) is 8.46. The molecule has 1 unspecified atom stereocenters. The number of hydrogen-bond donors (Lipinski definition) is 2. The van der Waals surface area contributed by atoms with Gasteiger partial charge in [-0.15, -0.1) is 0 Å². The predicted molar refractivity (Wildman–Crippen MR) is 80.9 cm³/mol. The van der Waals surface area contributed by atoms with Crippen molar-refractivity contribution < 1.29 is 14.6 Å². The molecule has 4 nitrogen and oxygen atoms in total. The van der Waals surface area contributed by atoms with Crippen molar-refractivity contribution in [3.05, 3.63) is 35.4 Å². The first kappa shape index (κ1) is 15.6. The Morgan fingerprint density at radius 1 is 1.48 bits per heavy atom. The van der Waals surface area contributed by atoms with E-state index in [1.165, 1.54) is 0 Å². The molecule has 2 N–H and O–H groups in total. The van der Waals surface area contributed by atoms with Crippen molar-refractivity contribution in [3.63, 3.8) is 0 Å². The van der Waals surface area contributed by atoms with Crippen LogP contribution in [0.15, 0.2) is 24.3 Å². The molecule has 21 heavy (non-hydrogen) atoms. The van der Waals surface area contributed by atoms with Crippen molar-refractivity contribution in [1.82, 2.24) is 5.32 Å². The Morgan fingerprint density at radius 2 is 2.38 bits per heavy atom. The topological polar surface area (TPSA) is 58.6 Å². The minimum absolute atomic E-state index is 0.0536. The van der Waals surface area contributed by atoms with Crippen LogP contribution in [0.5, 0.6) is 0 Å². The SMILES string of the molecule is O=C(NCCC1CCOC1)c1cccc(C#CCCO)c1. The maximum absolute atomic E-state index is 12.1. The van der Waals surface area contributed by atoms with Crippen LogP contribution in [0.25, 0.3) is 0 Å². The second-order valence-corrected chi connectivity index (χ2v) is 5.13. The van der Waals surface area contributed by atoms with Gasteiger partial charge >= 0.3 is 0 Å². The summed E-state index contributed by atoms with van der Waals surface area (Å²) in [5.74, 6) is 6.29. The molecule has 2 rings (SSSR count). The summed E-state index contributed by atoms with van der Waals surface area (Å²) in [7, 11) is 0. The van der Waals surface area contributed by atoms with Crippen molar-refractivity contribution in [3.8, 4) is 11.8 Å². The lowest BCUT2D eigenvalue weighted by Crippen LogP contribution is -2.26. The number of benzene rings is 1. The Bertz CT molecular complexity index is 524. The number of amides is 1. The van der Waals surface area contributed by atoms with Crippen molar-refractivity contribution in [2.75, 3.05) is 26.4 Å².